The fourth-order valence-electron chi connectivity index (χ4n) is 6.20. The summed E-state index contributed by atoms with van der Waals surface area (Å²) >= 11 is 0.881. The van der Waals surface area contributed by atoms with Crippen LogP contribution in [0.1, 0.15) is 57.7 Å². The van der Waals surface area contributed by atoms with Crippen molar-refractivity contribution in [1.82, 2.24) is 19.2 Å². The van der Waals surface area contributed by atoms with Crippen LogP contribution in [-0.2, 0) is 4.79 Å². The lowest BCUT2D eigenvalue weighted by atomic mass is 9.76. The zero-order valence-corrected chi connectivity index (χ0v) is 25.7. The number of rotatable bonds is 9. The van der Waals surface area contributed by atoms with Crippen LogP contribution >= 0.6 is 11.9 Å². The molecule has 2 N–H and O–H groups in total. The number of carbonyl (C=O) groups excluding carboxylic acids is 2. The van der Waals surface area contributed by atoms with Crippen LogP contribution in [0.5, 0.6) is 0 Å². The number of pyridine rings is 1. The maximum Gasteiger partial charge on any atom is 0.338 e. The number of carboxylic acid groups (broad SMARTS) is 1. The van der Waals surface area contributed by atoms with Crippen molar-refractivity contribution >= 4 is 40.6 Å². The number of H-pyrrole nitrogens is 1. The van der Waals surface area contributed by atoms with E-state index in [0.717, 1.165) is 35.7 Å². The van der Waals surface area contributed by atoms with Gasteiger partial charge in [0.25, 0.3) is 5.91 Å². The zero-order chi connectivity index (χ0) is 31.3. The number of para-hydroxylation sites is 1. The van der Waals surface area contributed by atoms with E-state index < -0.39 is 17.9 Å². The Kier molecular flexibility index (Phi) is 8.98. The summed E-state index contributed by atoms with van der Waals surface area (Å²) in [7, 11) is 0. The van der Waals surface area contributed by atoms with Crippen LogP contribution < -0.4 is 0 Å². The molecule has 8 nitrogen and oxygen atoms in total. The maximum atomic E-state index is 14.0. The van der Waals surface area contributed by atoms with E-state index >= 15 is 0 Å². The minimum Gasteiger partial charge on any atom is -0.478 e. The normalized spacial score (nSPS) is 14.4. The topological polar surface area (TPSA) is 107 Å². The van der Waals surface area contributed by atoms with Gasteiger partial charge in [-0.2, -0.15) is 0 Å². The predicted molar refractivity (Wildman–Crippen MR) is 175 cm³/mol. The lowest BCUT2D eigenvalue weighted by molar-refractivity contribution is -0.135. The Labute approximate surface area is 266 Å². The minimum atomic E-state index is -1.16. The number of carboxylic acids is 1. The number of nitrogens with zero attached hydrogens (tertiary/aromatic N) is 3. The summed E-state index contributed by atoms with van der Waals surface area (Å²) in [6.45, 7) is 2.82. The van der Waals surface area contributed by atoms with Crippen molar-refractivity contribution in [2.45, 2.75) is 36.8 Å². The molecular weight excluding hydrogens is 584 g/mol. The lowest BCUT2D eigenvalue weighted by Gasteiger charge is -2.39. The molecule has 0 radical (unpaired) electrons. The van der Waals surface area contributed by atoms with Gasteiger partial charge in [0.2, 0.25) is 5.91 Å². The van der Waals surface area contributed by atoms with Gasteiger partial charge in [-0.3, -0.25) is 13.9 Å². The molecule has 6 rings (SSSR count). The molecule has 3 heterocycles. The third-order valence-electron chi connectivity index (χ3n) is 8.50. The molecule has 45 heavy (non-hydrogen) atoms. The van der Waals surface area contributed by atoms with Gasteiger partial charge < -0.3 is 15.0 Å². The number of fused-ring (bicyclic) bond motifs is 1. The average Bonchev–Trinajstić information content (AvgIpc) is 3.52. The van der Waals surface area contributed by atoms with Crippen LogP contribution in [0.15, 0.2) is 114 Å². The first-order chi connectivity index (χ1) is 21.9. The van der Waals surface area contributed by atoms with Gasteiger partial charge in [-0.1, -0.05) is 78.9 Å². The molecule has 0 bridgehead atoms. The van der Waals surface area contributed by atoms with Crippen molar-refractivity contribution < 1.29 is 19.5 Å². The fourth-order valence-corrected chi connectivity index (χ4v) is 7.18. The summed E-state index contributed by atoms with van der Waals surface area (Å²) in [4.78, 5) is 49.3. The Morgan fingerprint density at radius 2 is 1.51 bits per heavy atom. The van der Waals surface area contributed by atoms with E-state index in [0.29, 0.717) is 24.7 Å². The Bertz CT molecular complexity index is 1730. The molecule has 1 aliphatic heterocycles. The molecule has 228 valence electrons. The van der Waals surface area contributed by atoms with Crippen LogP contribution in [0.25, 0.3) is 10.9 Å². The number of hydrogen-bond acceptors (Lipinski definition) is 5. The first-order valence-electron chi connectivity index (χ1n) is 15.1. The molecule has 1 aliphatic rings. The van der Waals surface area contributed by atoms with Crippen molar-refractivity contribution in [2.24, 2.45) is 5.92 Å². The summed E-state index contributed by atoms with van der Waals surface area (Å²) in [5.74, 6) is -1.21. The molecule has 1 fully saturated rings. The second-order valence-corrected chi connectivity index (χ2v) is 12.3. The largest absolute Gasteiger partial charge is 0.478 e. The minimum absolute atomic E-state index is 0.0368. The molecule has 0 aliphatic carbocycles. The highest BCUT2D eigenvalue weighted by molar-refractivity contribution is 7.97. The lowest BCUT2D eigenvalue weighted by Crippen LogP contribution is -2.49. The summed E-state index contributed by atoms with van der Waals surface area (Å²) < 4.78 is 1.35. The van der Waals surface area contributed by atoms with Gasteiger partial charge >= 0.3 is 5.97 Å². The van der Waals surface area contributed by atoms with Gasteiger partial charge in [0.05, 0.1) is 5.56 Å². The average molecular weight is 619 g/mol. The molecule has 1 atom stereocenters. The van der Waals surface area contributed by atoms with Gasteiger partial charge in [-0.15, -0.1) is 0 Å². The first kappa shape index (κ1) is 30.1. The van der Waals surface area contributed by atoms with E-state index in [1.54, 1.807) is 13.0 Å². The molecular formula is C36H34N4O4S. The van der Waals surface area contributed by atoms with E-state index in [9.17, 15) is 19.5 Å². The number of amides is 2. The second kappa shape index (κ2) is 13.4. The van der Waals surface area contributed by atoms with Crippen molar-refractivity contribution in [3.05, 3.63) is 132 Å². The third-order valence-corrected chi connectivity index (χ3v) is 9.67. The van der Waals surface area contributed by atoms with E-state index in [1.807, 2.05) is 41.3 Å². The SMILES string of the molecule is C[C@H](C(=O)N1CCC(C(c2ccccc2)c2ccccc2)CC1)N(Sc1ncccc1C(=O)O)C(=O)c1cc2ccccc2[nH]1. The number of nitrogens with one attached hydrogen (secondary N) is 1. The number of aromatic amines is 1. The van der Waals surface area contributed by atoms with Crippen LogP contribution in [0.3, 0.4) is 0 Å². The van der Waals surface area contributed by atoms with E-state index in [2.05, 4.69) is 58.5 Å². The Hall–Kier alpha value is -4.89. The van der Waals surface area contributed by atoms with Gasteiger partial charge in [-0.25, -0.2) is 9.78 Å². The quantitative estimate of drug-likeness (QED) is 0.175. The van der Waals surface area contributed by atoms with Crippen LogP contribution in [0.4, 0.5) is 0 Å². The van der Waals surface area contributed by atoms with Gasteiger partial charge in [0.1, 0.15) is 16.8 Å². The van der Waals surface area contributed by atoms with Crippen molar-refractivity contribution in [3.63, 3.8) is 0 Å². The zero-order valence-electron chi connectivity index (χ0n) is 24.9. The monoisotopic (exact) mass is 618 g/mol. The summed E-state index contributed by atoms with van der Waals surface area (Å²) in [6.07, 6.45) is 3.12. The standard InChI is InChI=1S/C36H34N4O4S/c1-24(34(41)39-21-18-27(19-22-39)32(25-11-4-2-5-12-25)26-13-6-3-7-14-26)40(45-33-29(36(43)44)16-10-20-37-33)35(42)31-23-28-15-8-9-17-30(28)38-31/h2-17,20,23-24,27,32,38H,18-19,21-22H2,1H3,(H,43,44)/t24-/m1/s1. The molecule has 1 saturated heterocycles. The number of benzene rings is 3. The Morgan fingerprint density at radius 3 is 2.13 bits per heavy atom. The number of piperidine rings is 1. The number of aromatic nitrogens is 2. The van der Waals surface area contributed by atoms with Gasteiger partial charge in [0.15, 0.2) is 0 Å². The Morgan fingerprint density at radius 1 is 0.889 bits per heavy atom. The molecule has 2 amide bonds. The van der Waals surface area contributed by atoms with Crippen LogP contribution in [0, 0.1) is 5.92 Å². The van der Waals surface area contributed by atoms with Gasteiger partial charge in [0, 0.05) is 48.1 Å². The van der Waals surface area contributed by atoms with E-state index in [1.165, 1.54) is 33.8 Å². The summed E-state index contributed by atoms with van der Waals surface area (Å²) in [6, 6.07) is 32.4. The van der Waals surface area contributed by atoms with Crippen molar-refractivity contribution in [2.75, 3.05) is 13.1 Å². The number of hydrogen-bond donors (Lipinski definition) is 2. The summed E-state index contributed by atoms with van der Waals surface area (Å²) in [5.41, 5.74) is 3.59. The smallest absolute Gasteiger partial charge is 0.338 e. The first-order valence-corrected chi connectivity index (χ1v) is 15.8. The van der Waals surface area contributed by atoms with Crippen molar-refractivity contribution in [3.8, 4) is 0 Å². The van der Waals surface area contributed by atoms with E-state index in [-0.39, 0.29) is 22.4 Å². The molecule has 2 aromatic heterocycles. The summed E-state index contributed by atoms with van der Waals surface area (Å²) in [5, 5.41) is 10.8. The molecule has 9 heteroatoms. The Balaban J connectivity index is 1.24. The predicted octanol–water partition coefficient (Wildman–Crippen LogP) is 6.87. The number of aromatic carboxylic acids is 1. The maximum absolute atomic E-state index is 14.0. The highest BCUT2D eigenvalue weighted by Gasteiger charge is 2.36. The molecule has 0 spiro atoms. The molecule has 5 aromatic rings. The van der Waals surface area contributed by atoms with Crippen LogP contribution in [-0.4, -0.2) is 61.2 Å². The molecule has 3 aromatic carbocycles. The highest BCUT2D eigenvalue weighted by atomic mass is 32.2. The fraction of sp³-hybridized carbons (Fsp3) is 0.222. The van der Waals surface area contributed by atoms with Crippen molar-refractivity contribution in [1.29, 1.82) is 0 Å². The number of likely N-dealkylation sites (tertiary alicyclic amines) is 1. The molecule has 0 unspecified atom stereocenters. The van der Waals surface area contributed by atoms with E-state index in [4.69, 9.17) is 0 Å². The highest BCUT2D eigenvalue weighted by Crippen LogP contribution is 2.38. The van der Waals surface area contributed by atoms with Gasteiger partial charge in [-0.05, 0) is 61.1 Å². The molecule has 0 saturated carbocycles. The second-order valence-electron chi connectivity index (χ2n) is 11.3. The van der Waals surface area contributed by atoms with Crippen LogP contribution in [0.2, 0.25) is 0 Å². The number of carbonyl (C=O) groups is 3. The third kappa shape index (κ3) is 6.49.